The van der Waals surface area contributed by atoms with Crippen LogP contribution in [0.4, 0.5) is 22.0 Å². The predicted octanol–water partition coefficient (Wildman–Crippen LogP) is 9.95. The maximum atomic E-state index is 14.5. The number of thiophene rings is 1. The van der Waals surface area contributed by atoms with Crippen LogP contribution >= 0.6 is 23.1 Å². The zero-order valence-corrected chi connectivity index (χ0v) is 25.8. The Hall–Kier alpha value is -3.83. The van der Waals surface area contributed by atoms with Gasteiger partial charge >= 0.3 is 5.97 Å². The van der Waals surface area contributed by atoms with E-state index in [2.05, 4.69) is 0 Å². The number of hydrogen-bond acceptors (Lipinski definition) is 6. The lowest BCUT2D eigenvalue weighted by Gasteiger charge is -2.13. The van der Waals surface area contributed by atoms with E-state index in [1.165, 1.54) is 36.4 Å². The number of rotatable bonds is 10. The molecule has 11 heteroatoms. The fraction of sp³-hybridized carbons (Fsp3) is 0.242. The zero-order valence-electron chi connectivity index (χ0n) is 24.1. The first-order valence-corrected chi connectivity index (χ1v) is 15.6. The normalized spacial score (nSPS) is 10.9. The Morgan fingerprint density at radius 1 is 0.682 bits per heavy atom. The first kappa shape index (κ1) is 33.1. The van der Waals surface area contributed by atoms with Gasteiger partial charge in [-0.25, -0.2) is 17.6 Å². The predicted molar refractivity (Wildman–Crippen MR) is 165 cm³/mol. The molecule has 0 saturated carbocycles. The second kappa shape index (κ2) is 15.3. The molecule has 0 amide bonds. The van der Waals surface area contributed by atoms with E-state index in [9.17, 15) is 26.7 Å². The van der Waals surface area contributed by atoms with Crippen molar-refractivity contribution in [2.45, 2.75) is 32.1 Å². The average molecular weight is 649 g/mol. The molecule has 4 aromatic carbocycles. The summed E-state index contributed by atoms with van der Waals surface area (Å²) in [6.07, 6.45) is 0.0897. The van der Waals surface area contributed by atoms with Crippen LogP contribution in [-0.2, 0) is 9.53 Å². The third kappa shape index (κ3) is 7.27. The topological polar surface area (TPSA) is 44.8 Å². The molecule has 0 fully saturated rings. The van der Waals surface area contributed by atoms with Crippen molar-refractivity contribution >= 4 is 49.2 Å². The highest BCUT2D eigenvalue weighted by Gasteiger charge is 2.20. The van der Waals surface area contributed by atoms with Gasteiger partial charge in [0.1, 0.15) is 11.6 Å². The molecule has 0 unspecified atom stereocenters. The van der Waals surface area contributed by atoms with E-state index >= 15 is 0 Å². The van der Waals surface area contributed by atoms with Crippen LogP contribution in [-0.4, -0.2) is 31.5 Å². The van der Waals surface area contributed by atoms with Gasteiger partial charge in [-0.3, -0.25) is 4.79 Å². The number of esters is 1. The molecule has 0 N–H and O–H groups in total. The average Bonchev–Trinajstić information content (AvgIpc) is 3.40. The lowest BCUT2D eigenvalue weighted by molar-refractivity contribution is -0.142. The van der Waals surface area contributed by atoms with Crippen LogP contribution in [0.15, 0.2) is 65.6 Å². The maximum Gasteiger partial charge on any atom is 0.306 e. The molecule has 0 radical (unpaired) electrons. The number of halogens is 5. The molecule has 0 aliphatic carbocycles. The summed E-state index contributed by atoms with van der Waals surface area (Å²) in [5.74, 6) is -3.61. The monoisotopic (exact) mass is 648 g/mol. The van der Waals surface area contributed by atoms with Crippen molar-refractivity contribution in [1.82, 2.24) is 0 Å². The second-order valence-corrected chi connectivity index (χ2v) is 11.2. The highest BCUT2D eigenvalue weighted by atomic mass is 32.2. The van der Waals surface area contributed by atoms with Crippen LogP contribution in [0.2, 0.25) is 0 Å². The van der Waals surface area contributed by atoms with Gasteiger partial charge < -0.3 is 14.2 Å². The molecule has 232 valence electrons. The van der Waals surface area contributed by atoms with Gasteiger partial charge in [0.25, 0.3) is 0 Å². The van der Waals surface area contributed by atoms with Crippen LogP contribution in [0, 0.1) is 29.1 Å². The Morgan fingerprint density at radius 2 is 1.32 bits per heavy atom. The molecule has 0 aliphatic rings. The Morgan fingerprint density at radius 3 is 2.02 bits per heavy atom. The van der Waals surface area contributed by atoms with Crippen molar-refractivity contribution in [1.29, 1.82) is 0 Å². The van der Waals surface area contributed by atoms with Crippen molar-refractivity contribution in [2.75, 3.05) is 25.6 Å². The standard InChI is InChI=1S/C19H19F3O3S.C14H10F2OS/c1-3-24-15-9-8-12(17(21)18(15)22)13-6-5-7-14(20)19(13)26-11-10-16(23)25-4-2;1-2-17-11-7-6-9-8-4-3-5-10(15)13(8)18-14(9)12(11)16/h5-9H,3-4,10-11H2,1-2H3;3-7H,2H2,1H3. The minimum atomic E-state index is -1.11. The molecule has 5 aromatic rings. The van der Waals surface area contributed by atoms with Crippen LogP contribution < -0.4 is 9.47 Å². The van der Waals surface area contributed by atoms with Gasteiger partial charge in [0, 0.05) is 27.7 Å². The summed E-state index contributed by atoms with van der Waals surface area (Å²) in [7, 11) is 0. The summed E-state index contributed by atoms with van der Waals surface area (Å²) < 4.78 is 86.7. The van der Waals surface area contributed by atoms with E-state index in [0.29, 0.717) is 16.0 Å². The third-order valence-electron chi connectivity index (χ3n) is 6.28. The van der Waals surface area contributed by atoms with Gasteiger partial charge in [-0.2, -0.15) is 4.39 Å². The first-order chi connectivity index (χ1) is 21.2. The number of carbonyl (C=O) groups excluding carboxylic acids is 1. The van der Waals surface area contributed by atoms with Gasteiger partial charge in [-0.15, -0.1) is 23.1 Å². The van der Waals surface area contributed by atoms with Gasteiger partial charge in [0.05, 0.1) is 40.5 Å². The van der Waals surface area contributed by atoms with Crippen molar-refractivity contribution < 1.29 is 41.0 Å². The molecular formula is C33H29F5O4S2. The van der Waals surface area contributed by atoms with E-state index in [0.717, 1.165) is 33.9 Å². The highest BCUT2D eigenvalue weighted by Crippen LogP contribution is 2.40. The molecule has 4 nitrogen and oxygen atoms in total. The maximum absolute atomic E-state index is 14.5. The Labute approximate surface area is 259 Å². The van der Waals surface area contributed by atoms with E-state index in [1.54, 1.807) is 45.0 Å². The number of ether oxygens (including phenoxy) is 3. The molecule has 0 aliphatic heterocycles. The van der Waals surface area contributed by atoms with E-state index < -0.39 is 29.2 Å². The summed E-state index contributed by atoms with van der Waals surface area (Å²) in [6, 6.07) is 15.0. The summed E-state index contributed by atoms with van der Waals surface area (Å²) in [5, 5.41) is 1.48. The van der Waals surface area contributed by atoms with Gasteiger partial charge in [-0.05, 0) is 57.2 Å². The molecule has 0 saturated heterocycles. The van der Waals surface area contributed by atoms with Gasteiger partial charge in [0.2, 0.25) is 5.82 Å². The lowest BCUT2D eigenvalue weighted by atomic mass is 10.0. The van der Waals surface area contributed by atoms with Crippen molar-refractivity contribution in [3.8, 4) is 22.6 Å². The van der Waals surface area contributed by atoms with Crippen molar-refractivity contribution in [3.63, 3.8) is 0 Å². The smallest absolute Gasteiger partial charge is 0.306 e. The second-order valence-electron chi connectivity index (χ2n) is 9.10. The van der Waals surface area contributed by atoms with Crippen molar-refractivity contribution in [2.24, 2.45) is 0 Å². The minimum absolute atomic E-state index is 0.0657. The molecule has 5 rings (SSSR count). The SMILES string of the molecule is CCOC(=O)CCSc1c(F)cccc1-c1ccc(OCC)c(F)c1F.CCOc1ccc2c(sc3c(F)cccc32)c1F. The molecule has 0 atom stereocenters. The van der Waals surface area contributed by atoms with Gasteiger partial charge in [-0.1, -0.05) is 24.3 Å². The number of benzene rings is 4. The fourth-order valence-electron chi connectivity index (χ4n) is 4.39. The lowest BCUT2D eigenvalue weighted by Crippen LogP contribution is -2.05. The molecule has 44 heavy (non-hydrogen) atoms. The number of fused-ring (bicyclic) bond motifs is 3. The van der Waals surface area contributed by atoms with Crippen LogP contribution in [0.1, 0.15) is 27.2 Å². The minimum Gasteiger partial charge on any atom is -0.491 e. The fourth-order valence-corrected chi connectivity index (χ4v) is 6.54. The van der Waals surface area contributed by atoms with E-state index in [4.69, 9.17) is 14.2 Å². The summed E-state index contributed by atoms with van der Waals surface area (Å²) >= 11 is 2.18. The molecular weight excluding hydrogens is 619 g/mol. The summed E-state index contributed by atoms with van der Waals surface area (Å²) in [4.78, 5) is 11.6. The third-order valence-corrected chi connectivity index (χ3v) is 8.62. The largest absolute Gasteiger partial charge is 0.491 e. The number of thioether (sulfide) groups is 1. The summed E-state index contributed by atoms with van der Waals surface area (Å²) in [5.41, 5.74) is 0.155. The Bertz CT molecular complexity index is 1770. The molecule has 0 spiro atoms. The van der Waals surface area contributed by atoms with E-state index in [-0.39, 0.29) is 58.7 Å². The van der Waals surface area contributed by atoms with Crippen LogP contribution in [0.25, 0.3) is 31.3 Å². The highest BCUT2D eigenvalue weighted by molar-refractivity contribution is 7.99. The van der Waals surface area contributed by atoms with Gasteiger partial charge in [0.15, 0.2) is 23.1 Å². The number of hydrogen-bond donors (Lipinski definition) is 0. The number of carbonyl (C=O) groups is 1. The molecule has 1 aromatic heterocycles. The zero-order chi connectivity index (χ0) is 31.8. The quantitative estimate of drug-likeness (QED) is 0.0857. The Balaban J connectivity index is 0.000000213. The van der Waals surface area contributed by atoms with Crippen LogP contribution in [0.5, 0.6) is 11.5 Å². The molecule has 1 heterocycles. The Kier molecular flexibility index (Phi) is 11.5. The summed E-state index contributed by atoms with van der Waals surface area (Å²) in [6.45, 7) is 6.03. The van der Waals surface area contributed by atoms with E-state index in [1.807, 2.05) is 0 Å². The van der Waals surface area contributed by atoms with Crippen molar-refractivity contribution in [3.05, 3.63) is 89.7 Å². The molecule has 0 bridgehead atoms. The van der Waals surface area contributed by atoms with Crippen LogP contribution in [0.3, 0.4) is 0 Å². The first-order valence-electron chi connectivity index (χ1n) is 13.8.